The minimum Gasteiger partial charge on any atom is -0.248 e. The van der Waals surface area contributed by atoms with E-state index in [-0.39, 0.29) is 0 Å². The van der Waals surface area contributed by atoms with Crippen molar-refractivity contribution < 1.29 is 4.57 Å². The smallest absolute Gasteiger partial charge is 0.169 e. The average Bonchev–Trinajstić information content (AvgIpc) is 3.98. The zero-order valence-electron chi connectivity index (χ0n) is 26.8. The summed E-state index contributed by atoms with van der Waals surface area (Å²) < 4.78 is 2.04. The SMILES string of the molecule is C[n+]1ccc(C2=C3C=CC(=N3)C(c3ccccc3)=C3C=CC(=N3)C(c3ccccc3)=C3C=CC(=N3)C(c3ccccc3)=C3C=CC2=N3)cc1. The first-order chi connectivity index (χ1) is 24.2. The van der Waals surface area contributed by atoms with Crippen molar-refractivity contribution in [3.05, 3.63) is 209 Å². The quantitative estimate of drug-likeness (QED) is 0.204. The van der Waals surface area contributed by atoms with Crippen molar-refractivity contribution in [3.8, 4) is 0 Å². The lowest BCUT2D eigenvalue weighted by atomic mass is 9.98. The fourth-order valence-corrected chi connectivity index (χ4v) is 6.75. The molecule has 8 bridgehead atoms. The number of aromatic nitrogens is 1. The first-order valence-electron chi connectivity index (χ1n) is 16.4. The van der Waals surface area contributed by atoms with Gasteiger partial charge in [-0.05, 0) is 70.9 Å². The highest BCUT2D eigenvalue weighted by molar-refractivity contribution is 6.39. The van der Waals surface area contributed by atoms with Crippen LogP contribution in [0.15, 0.2) is 207 Å². The number of nitrogens with zero attached hydrogens (tertiary/aromatic N) is 5. The zero-order chi connectivity index (χ0) is 32.7. The summed E-state index contributed by atoms with van der Waals surface area (Å²) in [7, 11) is 2.02. The molecule has 0 N–H and O–H groups in total. The van der Waals surface area contributed by atoms with Gasteiger partial charge in [-0.2, -0.15) is 0 Å². The van der Waals surface area contributed by atoms with E-state index in [9.17, 15) is 0 Å². The van der Waals surface area contributed by atoms with Gasteiger partial charge in [0, 0.05) is 34.4 Å². The lowest BCUT2D eigenvalue weighted by Gasteiger charge is -2.12. The topological polar surface area (TPSA) is 53.3 Å². The van der Waals surface area contributed by atoms with Gasteiger partial charge >= 0.3 is 0 Å². The highest BCUT2D eigenvalue weighted by atomic mass is 14.9. The standard InChI is InChI=1S/C44H30N5/c1-49-27-25-32(26-28-49)44-39-23-21-37(47-39)42(30-13-7-3-8-14-30)35-19-17-33(45-35)41(29-11-5-2-6-12-29)34-18-20-36(46-34)43(31-15-9-4-10-16-31)38-22-24-40(44)48-38/h2-28H,1H3/q+1. The number of aliphatic imine (C=N–C) groups is 4. The van der Waals surface area contributed by atoms with E-state index in [1.807, 2.05) is 29.8 Å². The van der Waals surface area contributed by atoms with Crippen LogP contribution in [0.25, 0.3) is 22.3 Å². The minimum atomic E-state index is 0.854. The minimum absolute atomic E-state index is 0.854. The molecular weight excluding hydrogens is 599 g/mol. The molecule has 6 heterocycles. The van der Waals surface area contributed by atoms with Crippen LogP contribution in [-0.2, 0) is 7.05 Å². The number of hydrogen-bond acceptors (Lipinski definition) is 4. The van der Waals surface area contributed by atoms with Crippen molar-refractivity contribution >= 4 is 45.1 Å². The molecule has 0 spiro atoms. The van der Waals surface area contributed by atoms with Gasteiger partial charge in [-0.25, -0.2) is 24.5 Å². The number of aryl methyl sites for hydroxylation is 1. The molecule has 230 valence electrons. The molecule has 0 radical (unpaired) electrons. The molecule has 9 rings (SSSR count). The molecule has 0 atom stereocenters. The number of allylic oxidation sites excluding steroid dienone is 12. The number of rotatable bonds is 4. The average molecular weight is 629 g/mol. The van der Waals surface area contributed by atoms with E-state index in [1.54, 1.807) is 0 Å². The molecule has 0 amide bonds. The van der Waals surface area contributed by atoms with Crippen LogP contribution in [0.5, 0.6) is 0 Å². The maximum absolute atomic E-state index is 5.32. The van der Waals surface area contributed by atoms with Crippen LogP contribution >= 0.6 is 0 Å². The Hall–Kier alpha value is -6.59. The summed E-state index contributed by atoms with van der Waals surface area (Å²) in [5.74, 6) is 0. The predicted octanol–water partition coefficient (Wildman–Crippen LogP) is 8.51. The van der Waals surface area contributed by atoms with Gasteiger partial charge in [0.15, 0.2) is 12.4 Å². The number of benzene rings is 3. The summed E-state index contributed by atoms with van der Waals surface area (Å²) in [6, 6.07) is 35.4. The van der Waals surface area contributed by atoms with E-state index in [1.165, 1.54) is 0 Å². The fourth-order valence-electron chi connectivity index (χ4n) is 6.75. The van der Waals surface area contributed by atoms with Crippen LogP contribution in [-0.4, -0.2) is 22.8 Å². The van der Waals surface area contributed by atoms with Gasteiger partial charge < -0.3 is 0 Å². The molecule has 4 aromatic rings. The van der Waals surface area contributed by atoms with Gasteiger partial charge in [0.05, 0.1) is 45.6 Å². The Kier molecular flexibility index (Phi) is 6.95. The Morgan fingerprint density at radius 2 is 0.592 bits per heavy atom. The van der Waals surface area contributed by atoms with E-state index in [2.05, 4.69) is 146 Å². The number of pyridine rings is 1. The summed E-state index contributed by atoms with van der Waals surface area (Å²) in [6.07, 6.45) is 20.9. The molecular formula is C44H30N5+. The first-order valence-corrected chi connectivity index (χ1v) is 16.4. The zero-order valence-corrected chi connectivity index (χ0v) is 26.8. The summed E-state index contributed by atoms with van der Waals surface area (Å²) in [6.45, 7) is 0. The van der Waals surface area contributed by atoms with Crippen LogP contribution in [0.3, 0.4) is 0 Å². The molecule has 5 heteroatoms. The molecule has 3 aromatic carbocycles. The highest BCUT2D eigenvalue weighted by Gasteiger charge is 2.27. The Bertz CT molecular complexity index is 2380. The molecule has 0 aliphatic carbocycles. The summed E-state index contributed by atoms with van der Waals surface area (Å²) >= 11 is 0. The summed E-state index contributed by atoms with van der Waals surface area (Å²) in [4.78, 5) is 21.3. The molecule has 5 aliphatic heterocycles. The van der Waals surface area contributed by atoms with Crippen molar-refractivity contribution in [1.82, 2.24) is 0 Å². The normalized spacial score (nSPS) is 17.7. The third-order valence-electron chi connectivity index (χ3n) is 9.06. The third kappa shape index (κ3) is 5.18. The highest BCUT2D eigenvalue weighted by Crippen LogP contribution is 2.38. The van der Waals surface area contributed by atoms with Crippen LogP contribution in [0.2, 0.25) is 0 Å². The van der Waals surface area contributed by atoms with Gasteiger partial charge in [-0.1, -0.05) is 91.0 Å². The Morgan fingerprint density at radius 1 is 0.327 bits per heavy atom. The maximum Gasteiger partial charge on any atom is 0.169 e. The molecule has 5 nitrogen and oxygen atoms in total. The van der Waals surface area contributed by atoms with Gasteiger partial charge in [0.1, 0.15) is 7.05 Å². The van der Waals surface area contributed by atoms with Crippen molar-refractivity contribution in [1.29, 1.82) is 0 Å². The number of hydrogen-bond donors (Lipinski definition) is 0. The molecule has 0 fully saturated rings. The molecule has 5 aliphatic rings. The van der Waals surface area contributed by atoms with Crippen molar-refractivity contribution in [2.75, 3.05) is 0 Å². The summed E-state index contributed by atoms with van der Waals surface area (Å²) in [5, 5.41) is 0. The monoisotopic (exact) mass is 628 g/mol. The summed E-state index contributed by atoms with van der Waals surface area (Å²) in [5.41, 5.74) is 15.0. The lowest BCUT2D eigenvalue weighted by molar-refractivity contribution is -0.671. The molecule has 0 unspecified atom stereocenters. The van der Waals surface area contributed by atoms with Gasteiger partial charge in [-0.15, -0.1) is 0 Å². The van der Waals surface area contributed by atoms with Gasteiger partial charge in [0.2, 0.25) is 0 Å². The fraction of sp³-hybridized carbons (Fsp3) is 0.0227. The molecule has 0 saturated carbocycles. The second-order valence-corrected chi connectivity index (χ2v) is 12.2. The predicted molar refractivity (Wildman–Crippen MR) is 201 cm³/mol. The van der Waals surface area contributed by atoms with Crippen molar-refractivity contribution in [3.63, 3.8) is 0 Å². The van der Waals surface area contributed by atoms with Crippen molar-refractivity contribution in [2.24, 2.45) is 27.0 Å². The van der Waals surface area contributed by atoms with Crippen LogP contribution < -0.4 is 4.57 Å². The van der Waals surface area contributed by atoms with Crippen LogP contribution in [0.1, 0.15) is 22.3 Å². The molecule has 49 heavy (non-hydrogen) atoms. The van der Waals surface area contributed by atoms with Crippen LogP contribution in [0, 0.1) is 0 Å². The van der Waals surface area contributed by atoms with E-state index >= 15 is 0 Å². The van der Waals surface area contributed by atoms with Crippen LogP contribution in [0.4, 0.5) is 0 Å². The van der Waals surface area contributed by atoms with E-state index in [0.29, 0.717) is 0 Å². The lowest BCUT2D eigenvalue weighted by Crippen LogP contribution is -2.26. The molecule has 1 aromatic heterocycles. The van der Waals surface area contributed by atoms with E-state index in [4.69, 9.17) is 20.0 Å². The largest absolute Gasteiger partial charge is 0.248 e. The number of fused-ring (bicyclic) bond motifs is 4. The van der Waals surface area contributed by atoms with Gasteiger partial charge in [0.25, 0.3) is 0 Å². The third-order valence-corrected chi connectivity index (χ3v) is 9.06. The second kappa shape index (κ2) is 11.9. The Morgan fingerprint density at radius 3 is 0.878 bits per heavy atom. The molecule has 0 saturated heterocycles. The second-order valence-electron chi connectivity index (χ2n) is 12.2. The Labute approximate surface area is 285 Å². The van der Waals surface area contributed by atoms with E-state index < -0.39 is 0 Å². The van der Waals surface area contributed by atoms with Gasteiger partial charge in [-0.3, -0.25) is 0 Å². The Balaban J connectivity index is 1.37. The first kappa shape index (κ1) is 28.6. The van der Waals surface area contributed by atoms with E-state index in [0.717, 1.165) is 90.2 Å². The maximum atomic E-state index is 5.32. The van der Waals surface area contributed by atoms with Crippen molar-refractivity contribution in [2.45, 2.75) is 0 Å².